The highest BCUT2D eigenvalue weighted by molar-refractivity contribution is 8.26. The Balaban J connectivity index is 1.48. The number of carbonyl (C=O) groups excluding carboxylic acids is 1. The molecule has 192 valence electrons. The fraction of sp³-hybridized carbons (Fsp3) is 0.194. The first-order chi connectivity index (χ1) is 18.4. The molecule has 1 aliphatic rings. The number of rotatable bonds is 8. The number of para-hydroxylation sites is 1. The van der Waals surface area contributed by atoms with Crippen LogP contribution in [0.2, 0.25) is 0 Å². The Bertz CT molecular complexity index is 1490. The lowest BCUT2D eigenvalue weighted by Crippen LogP contribution is -2.30. The first-order valence-electron chi connectivity index (χ1n) is 12.6. The van der Waals surface area contributed by atoms with Gasteiger partial charge in [0.05, 0.1) is 16.7 Å². The zero-order valence-electron chi connectivity index (χ0n) is 21.6. The van der Waals surface area contributed by atoms with Gasteiger partial charge in [0.2, 0.25) is 0 Å². The highest BCUT2D eigenvalue weighted by atomic mass is 32.2. The topological polar surface area (TPSA) is 47.4 Å². The molecule has 0 bridgehead atoms. The van der Waals surface area contributed by atoms with Crippen molar-refractivity contribution in [3.8, 4) is 22.7 Å². The van der Waals surface area contributed by atoms with Crippen LogP contribution in [-0.4, -0.2) is 37.6 Å². The molecule has 1 fully saturated rings. The van der Waals surface area contributed by atoms with Gasteiger partial charge < -0.3 is 4.74 Å². The molecule has 0 aliphatic carbocycles. The first-order valence-corrected chi connectivity index (χ1v) is 13.8. The van der Waals surface area contributed by atoms with E-state index in [4.69, 9.17) is 22.1 Å². The van der Waals surface area contributed by atoms with Crippen LogP contribution in [0.4, 0.5) is 0 Å². The number of hydrogen-bond acceptors (Lipinski definition) is 5. The van der Waals surface area contributed by atoms with Gasteiger partial charge in [-0.1, -0.05) is 72.5 Å². The largest absolute Gasteiger partial charge is 0.491 e. The van der Waals surface area contributed by atoms with E-state index in [1.165, 1.54) is 17.3 Å². The van der Waals surface area contributed by atoms with Crippen molar-refractivity contribution >= 4 is 40.3 Å². The van der Waals surface area contributed by atoms with Gasteiger partial charge >= 0.3 is 0 Å². The van der Waals surface area contributed by atoms with E-state index in [1.807, 2.05) is 98.4 Å². The monoisotopic (exact) mass is 539 g/mol. The molecule has 5 rings (SSSR count). The van der Waals surface area contributed by atoms with E-state index in [1.54, 1.807) is 4.90 Å². The molecule has 0 unspecified atom stereocenters. The summed E-state index contributed by atoms with van der Waals surface area (Å²) in [5.74, 6) is 0.790. The lowest BCUT2D eigenvalue weighted by Gasteiger charge is -2.14. The van der Waals surface area contributed by atoms with Crippen molar-refractivity contribution in [2.24, 2.45) is 0 Å². The summed E-state index contributed by atoms with van der Waals surface area (Å²) in [7, 11) is 0. The van der Waals surface area contributed by atoms with Crippen molar-refractivity contribution in [1.82, 2.24) is 14.7 Å². The average Bonchev–Trinajstić information content (AvgIpc) is 3.45. The zero-order valence-corrected chi connectivity index (χ0v) is 23.3. The third-order valence-corrected chi connectivity index (χ3v) is 7.58. The van der Waals surface area contributed by atoms with E-state index >= 15 is 0 Å². The smallest absolute Gasteiger partial charge is 0.266 e. The van der Waals surface area contributed by atoms with E-state index in [0.717, 1.165) is 40.2 Å². The normalized spacial score (nSPS) is 14.6. The molecule has 1 amide bonds. The van der Waals surface area contributed by atoms with Crippen LogP contribution in [0.1, 0.15) is 30.5 Å². The number of benzene rings is 3. The molecule has 7 heteroatoms. The molecule has 0 N–H and O–H groups in total. The maximum absolute atomic E-state index is 13.4. The van der Waals surface area contributed by atoms with Crippen LogP contribution in [0.25, 0.3) is 23.0 Å². The molecule has 2 heterocycles. The second kappa shape index (κ2) is 11.4. The quantitative estimate of drug-likeness (QED) is 0.177. The second-order valence-electron chi connectivity index (χ2n) is 9.43. The van der Waals surface area contributed by atoms with Crippen molar-refractivity contribution in [1.29, 1.82) is 0 Å². The molecule has 1 saturated heterocycles. The van der Waals surface area contributed by atoms with Crippen molar-refractivity contribution in [2.75, 3.05) is 6.54 Å². The van der Waals surface area contributed by atoms with Gasteiger partial charge in [0.15, 0.2) is 0 Å². The highest BCUT2D eigenvalue weighted by Crippen LogP contribution is 2.36. The first kappa shape index (κ1) is 25.9. The van der Waals surface area contributed by atoms with Gasteiger partial charge in [-0.2, -0.15) is 5.10 Å². The Morgan fingerprint density at radius 1 is 1.03 bits per heavy atom. The van der Waals surface area contributed by atoms with E-state index in [-0.39, 0.29) is 12.0 Å². The number of carbonyl (C=O) groups is 1. The Labute approximate surface area is 233 Å². The van der Waals surface area contributed by atoms with Crippen LogP contribution in [0.5, 0.6) is 5.75 Å². The summed E-state index contributed by atoms with van der Waals surface area (Å²) in [5, 5.41) is 4.93. The van der Waals surface area contributed by atoms with Crippen molar-refractivity contribution in [2.45, 2.75) is 33.3 Å². The molecule has 0 saturated carbocycles. The van der Waals surface area contributed by atoms with Gasteiger partial charge in [-0.3, -0.25) is 9.69 Å². The molecule has 1 aliphatic heterocycles. The minimum absolute atomic E-state index is 0.0637. The van der Waals surface area contributed by atoms with Gasteiger partial charge in [-0.05, 0) is 74.7 Å². The van der Waals surface area contributed by atoms with Crippen molar-refractivity contribution in [3.05, 3.63) is 107 Å². The summed E-state index contributed by atoms with van der Waals surface area (Å²) >= 11 is 6.94. The van der Waals surface area contributed by atoms with Crippen molar-refractivity contribution < 1.29 is 9.53 Å². The third-order valence-electron chi connectivity index (χ3n) is 6.20. The fourth-order valence-corrected chi connectivity index (χ4v) is 5.63. The average molecular weight is 540 g/mol. The molecule has 1 aromatic heterocycles. The predicted octanol–water partition coefficient (Wildman–Crippen LogP) is 7.08. The van der Waals surface area contributed by atoms with Gasteiger partial charge in [-0.15, -0.1) is 0 Å². The molecule has 38 heavy (non-hydrogen) atoms. The van der Waals surface area contributed by atoms with Gasteiger partial charge in [0.1, 0.15) is 15.8 Å². The van der Waals surface area contributed by atoms with Crippen LogP contribution >= 0.6 is 24.0 Å². The van der Waals surface area contributed by atoms with Crippen LogP contribution in [0.15, 0.2) is 90.0 Å². The van der Waals surface area contributed by atoms with Gasteiger partial charge in [-0.25, -0.2) is 4.68 Å². The minimum Gasteiger partial charge on any atom is -0.491 e. The van der Waals surface area contributed by atoms with Gasteiger partial charge in [0, 0.05) is 23.9 Å². The van der Waals surface area contributed by atoms with E-state index in [2.05, 4.69) is 18.2 Å². The number of aromatic nitrogens is 2. The predicted molar refractivity (Wildman–Crippen MR) is 160 cm³/mol. The summed E-state index contributed by atoms with van der Waals surface area (Å²) in [4.78, 5) is 15.7. The van der Waals surface area contributed by atoms with Crippen LogP contribution < -0.4 is 4.74 Å². The number of thioether (sulfide) groups is 1. The molecular formula is C31H29N3O2S2. The fourth-order valence-electron chi connectivity index (χ4n) is 4.33. The molecule has 4 aromatic rings. The Kier molecular flexibility index (Phi) is 7.77. The highest BCUT2D eigenvalue weighted by Gasteiger charge is 2.32. The molecular weight excluding hydrogens is 510 g/mol. The Morgan fingerprint density at radius 3 is 2.42 bits per heavy atom. The molecule has 0 atom stereocenters. The zero-order chi connectivity index (χ0) is 26.6. The van der Waals surface area contributed by atoms with E-state index < -0.39 is 0 Å². The summed E-state index contributed by atoms with van der Waals surface area (Å²) in [6.07, 6.45) is 4.73. The second-order valence-corrected chi connectivity index (χ2v) is 11.1. The summed E-state index contributed by atoms with van der Waals surface area (Å²) in [6, 6.07) is 26.2. The number of nitrogens with zero attached hydrogens (tertiary/aromatic N) is 3. The van der Waals surface area contributed by atoms with E-state index in [9.17, 15) is 4.79 Å². The number of thiocarbonyl (C=S) groups is 1. The number of hydrogen-bond donors (Lipinski definition) is 0. The summed E-state index contributed by atoms with van der Waals surface area (Å²) in [6.45, 7) is 6.62. The lowest BCUT2D eigenvalue weighted by molar-refractivity contribution is -0.122. The third kappa shape index (κ3) is 5.74. The number of aryl methyl sites for hydroxylation is 1. The van der Waals surface area contributed by atoms with Gasteiger partial charge in [0.25, 0.3) is 5.91 Å². The van der Waals surface area contributed by atoms with E-state index in [0.29, 0.717) is 15.8 Å². The minimum atomic E-state index is -0.0637. The molecule has 3 aromatic carbocycles. The maximum Gasteiger partial charge on any atom is 0.266 e. The number of amides is 1. The van der Waals surface area contributed by atoms with Crippen LogP contribution in [0, 0.1) is 6.92 Å². The lowest BCUT2D eigenvalue weighted by atomic mass is 10.0. The Hall–Kier alpha value is -3.68. The summed E-state index contributed by atoms with van der Waals surface area (Å²) < 4.78 is 8.37. The molecule has 5 nitrogen and oxygen atoms in total. The SMILES string of the molecule is Cc1cc(-c2nn(-c3ccccc3)cc2/C=C2\SC(=S)N(CCc3ccccc3)C2=O)ccc1OC(C)C. The maximum atomic E-state index is 13.4. The summed E-state index contributed by atoms with van der Waals surface area (Å²) in [5.41, 5.74) is 5.76. The molecule has 0 spiro atoms. The van der Waals surface area contributed by atoms with Crippen LogP contribution in [-0.2, 0) is 11.2 Å². The molecule has 0 radical (unpaired) electrons. The van der Waals surface area contributed by atoms with Crippen molar-refractivity contribution in [3.63, 3.8) is 0 Å². The Morgan fingerprint density at radius 2 is 1.74 bits per heavy atom. The van der Waals surface area contributed by atoms with Crippen LogP contribution in [0.3, 0.4) is 0 Å². The number of ether oxygens (including phenoxy) is 1. The standard InChI is InChI=1S/C31H29N3O2S2/c1-21(2)36-27-15-14-24(18-22(27)3)29-25(20-34(32-29)26-12-8-5-9-13-26)19-28-30(35)33(31(37)38-28)17-16-23-10-6-4-7-11-23/h4-15,18-21H,16-17H2,1-3H3/b28-19-.